The first-order valence-electron chi connectivity index (χ1n) is 8.97. The molecular formula is C22H24N2O2S. The maximum absolute atomic E-state index is 13.0. The number of amides is 1. The highest BCUT2D eigenvalue weighted by Crippen LogP contribution is 2.34. The number of anilines is 2. The summed E-state index contributed by atoms with van der Waals surface area (Å²) in [6.07, 6.45) is 2.54. The van der Waals surface area contributed by atoms with Crippen molar-refractivity contribution in [3.05, 3.63) is 70.7 Å². The highest BCUT2D eigenvalue weighted by atomic mass is 32.1. The van der Waals surface area contributed by atoms with Crippen LogP contribution in [0, 0.1) is 12.8 Å². The Kier molecular flexibility index (Phi) is 5.91. The molecule has 3 rings (SSSR count). The number of carbonyl (C=O) groups is 1. The lowest BCUT2D eigenvalue weighted by atomic mass is 10.0. The summed E-state index contributed by atoms with van der Waals surface area (Å²) < 4.78 is 5.24. The van der Waals surface area contributed by atoms with Gasteiger partial charge in [0.25, 0.3) is 0 Å². The second-order valence-electron chi connectivity index (χ2n) is 6.74. The van der Waals surface area contributed by atoms with Crippen LogP contribution in [0.1, 0.15) is 29.9 Å². The van der Waals surface area contributed by atoms with Gasteiger partial charge in [-0.05, 0) is 42.7 Å². The third-order valence-corrected chi connectivity index (χ3v) is 5.20. The van der Waals surface area contributed by atoms with Gasteiger partial charge in [-0.15, -0.1) is 11.3 Å². The minimum absolute atomic E-state index is 0.0477. The largest absolute Gasteiger partial charge is 0.497 e. The quantitative estimate of drug-likeness (QED) is 0.577. The minimum Gasteiger partial charge on any atom is -0.497 e. The van der Waals surface area contributed by atoms with Crippen molar-refractivity contribution in [2.75, 3.05) is 12.0 Å². The van der Waals surface area contributed by atoms with Gasteiger partial charge in [0.05, 0.1) is 12.8 Å². The molecule has 2 aromatic carbocycles. The Labute approximate surface area is 164 Å². The number of methoxy groups -OCH3 is 1. The van der Waals surface area contributed by atoms with Gasteiger partial charge < -0.3 is 4.74 Å². The number of hydrogen-bond donors (Lipinski definition) is 0. The number of aromatic nitrogens is 1. The molecule has 5 heteroatoms. The van der Waals surface area contributed by atoms with E-state index in [1.165, 1.54) is 11.3 Å². The van der Waals surface area contributed by atoms with Crippen LogP contribution in [0.2, 0.25) is 0 Å². The van der Waals surface area contributed by atoms with Crippen LogP contribution in [0.4, 0.5) is 10.8 Å². The molecule has 0 atom stereocenters. The van der Waals surface area contributed by atoms with Gasteiger partial charge in [-0.3, -0.25) is 9.69 Å². The summed E-state index contributed by atoms with van der Waals surface area (Å²) in [7, 11) is 1.66. The van der Waals surface area contributed by atoms with E-state index >= 15 is 0 Å². The molecule has 0 radical (unpaired) electrons. The van der Waals surface area contributed by atoms with Crippen LogP contribution in [-0.2, 0) is 11.2 Å². The summed E-state index contributed by atoms with van der Waals surface area (Å²) in [6.45, 7) is 5.84. The molecule has 27 heavy (non-hydrogen) atoms. The van der Waals surface area contributed by atoms with E-state index in [1.54, 1.807) is 12.0 Å². The van der Waals surface area contributed by atoms with E-state index in [2.05, 4.69) is 23.2 Å². The van der Waals surface area contributed by atoms with Crippen LogP contribution in [-0.4, -0.2) is 18.0 Å². The predicted molar refractivity (Wildman–Crippen MR) is 111 cm³/mol. The molecule has 0 saturated heterocycles. The third kappa shape index (κ3) is 4.37. The molecule has 0 N–H and O–H groups in total. The lowest BCUT2D eigenvalue weighted by molar-refractivity contribution is -0.120. The van der Waals surface area contributed by atoms with Crippen molar-refractivity contribution in [1.29, 1.82) is 0 Å². The monoisotopic (exact) mass is 380 g/mol. The topological polar surface area (TPSA) is 42.4 Å². The number of aryl methyl sites for hydroxylation is 1. The van der Waals surface area contributed by atoms with Gasteiger partial charge in [0.2, 0.25) is 5.91 Å². The Balaban J connectivity index is 2.01. The van der Waals surface area contributed by atoms with Crippen molar-refractivity contribution in [1.82, 2.24) is 4.98 Å². The highest BCUT2D eigenvalue weighted by Gasteiger charge is 2.25. The summed E-state index contributed by atoms with van der Waals surface area (Å²) >= 11 is 1.53. The van der Waals surface area contributed by atoms with Gasteiger partial charge in [0, 0.05) is 17.0 Å². The Bertz CT molecular complexity index is 916. The molecule has 0 bridgehead atoms. The molecule has 1 heterocycles. The van der Waals surface area contributed by atoms with Crippen molar-refractivity contribution in [3.63, 3.8) is 0 Å². The fourth-order valence-corrected chi connectivity index (χ4v) is 3.64. The van der Waals surface area contributed by atoms with E-state index in [0.717, 1.165) is 33.9 Å². The number of carbonyl (C=O) groups excluding carboxylic acids is 1. The zero-order chi connectivity index (χ0) is 19.4. The molecule has 4 nitrogen and oxygen atoms in total. The number of para-hydroxylation sites is 1. The number of thiazole rings is 1. The molecule has 1 aromatic heterocycles. The molecular weight excluding hydrogens is 356 g/mol. The summed E-state index contributed by atoms with van der Waals surface area (Å²) in [6, 6.07) is 16.1. The van der Waals surface area contributed by atoms with Crippen molar-refractivity contribution in [3.8, 4) is 5.75 Å². The normalized spacial score (nSPS) is 10.9. The van der Waals surface area contributed by atoms with Gasteiger partial charge in [-0.25, -0.2) is 4.98 Å². The lowest BCUT2D eigenvalue weighted by Gasteiger charge is -2.24. The van der Waals surface area contributed by atoms with Crippen molar-refractivity contribution >= 4 is 28.1 Å². The molecule has 0 aliphatic rings. The maximum atomic E-state index is 13.0. The lowest BCUT2D eigenvalue weighted by Crippen LogP contribution is -2.30. The molecule has 1 amide bonds. The zero-order valence-corrected chi connectivity index (χ0v) is 16.9. The molecule has 0 aliphatic heterocycles. The van der Waals surface area contributed by atoms with Crippen molar-refractivity contribution < 1.29 is 9.53 Å². The average Bonchev–Trinajstić information content (AvgIpc) is 3.09. The first-order valence-corrected chi connectivity index (χ1v) is 9.78. The number of nitrogens with zero attached hydrogens (tertiary/aromatic N) is 2. The van der Waals surface area contributed by atoms with E-state index in [-0.39, 0.29) is 11.8 Å². The summed E-state index contributed by atoms with van der Waals surface area (Å²) in [5.74, 6) is 0.761. The van der Waals surface area contributed by atoms with E-state index in [4.69, 9.17) is 4.74 Å². The van der Waals surface area contributed by atoms with E-state index in [9.17, 15) is 4.79 Å². The van der Waals surface area contributed by atoms with E-state index in [1.807, 2.05) is 57.3 Å². The SMILES string of the molecule is COc1ccc(Cc2ccccc2N(C(=O)C(C)C)c2ncc(C)s2)cc1. The second kappa shape index (κ2) is 8.35. The predicted octanol–water partition coefficient (Wildman–Crippen LogP) is 5.37. The minimum atomic E-state index is -0.122. The first kappa shape index (κ1) is 19.1. The van der Waals surface area contributed by atoms with Crippen LogP contribution >= 0.6 is 11.3 Å². The fraction of sp³-hybridized carbons (Fsp3) is 0.273. The van der Waals surface area contributed by atoms with Gasteiger partial charge in [0.1, 0.15) is 5.75 Å². The summed E-state index contributed by atoms with van der Waals surface area (Å²) in [5.41, 5.74) is 3.14. The third-order valence-electron chi connectivity index (χ3n) is 4.30. The smallest absolute Gasteiger partial charge is 0.235 e. The van der Waals surface area contributed by atoms with Crippen LogP contribution in [0.5, 0.6) is 5.75 Å². The van der Waals surface area contributed by atoms with Crippen molar-refractivity contribution in [2.24, 2.45) is 5.92 Å². The van der Waals surface area contributed by atoms with Gasteiger partial charge >= 0.3 is 0 Å². The number of hydrogen-bond acceptors (Lipinski definition) is 4. The molecule has 0 unspecified atom stereocenters. The van der Waals surface area contributed by atoms with Gasteiger partial charge in [0.15, 0.2) is 5.13 Å². The van der Waals surface area contributed by atoms with Crippen LogP contribution in [0.25, 0.3) is 0 Å². The average molecular weight is 381 g/mol. The Morgan fingerprint density at radius 1 is 1.15 bits per heavy atom. The molecule has 0 spiro atoms. The van der Waals surface area contributed by atoms with E-state index < -0.39 is 0 Å². The molecule has 140 valence electrons. The Hall–Kier alpha value is -2.66. The van der Waals surface area contributed by atoms with Gasteiger partial charge in [-0.2, -0.15) is 0 Å². The second-order valence-corrected chi connectivity index (χ2v) is 7.95. The number of rotatable bonds is 6. The molecule has 3 aromatic rings. The standard InChI is InChI=1S/C22H24N2O2S/c1-15(2)21(25)24(22-23-14-16(3)27-22)20-8-6-5-7-18(20)13-17-9-11-19(26-4)12-10-17/h5-12,14-15H,13H2,1-4H3. The summed E-state index contributed by atoms with van der Waals surface area (Å²) in [5, 5.41) is 0.716. The fourth-order valence-electron chi connectivity index (χ4n) is 2.86. The first-order chi connectivity index (χ1) is 13.0. The van der Waals surface area contributed by atoms with Crippen LogP contribution in [0.15, 0.2) is 54.7 Å². The Morgan fingerprint density at radius 2 is 1.85 bits per heavy atom. The Morgan fingerprint density at radius 3 is 2.44 bits per heavy atom. The number of benzene rings is 2. The molecule has 0 saturated carbocycles. The molecule has 0 fully saturated rings. The highest BCUT2D eigenvalue weighted by molar-refractivity contribution is 7.15. The van der Waals surface area contributed by atoms with E-state index in [0.29, 0.717) is 5.13 Å². The van der Waals surface area contributed by atoms with Crippen LogP contribution in [0.3, 0.4) is 0 Å². The van der Waals surface area contributed by atoms with Crippen LogP contribution < -0.4 is 9.64 Å². The van der Waals surface area contributed by atoms with Crippen molar-refractivity contribution in [2.45, 2.75) is 27.2 Å². The zero-order valence-electron chi connectivity index (χ0n) is 16.1. The maximum Gasteiger partial charge on any atom is 0.235 e. The van der Waals surface area contributed by atoms with Gasteiger partial charge in [-0.1, -0.05) is 44.2 Å². The summed E-state index contributed by atoms with van der Waals surface area (Å²) in [4.78, 5) is 20.3. The number of ether oxygens (including phenoxy) is 1. The molecule has 0 aliphatic carbocycles.